The van der Waals surface area contributed by atoms with E-state index in [1.807, 2.05) is 9.80 Å². The first-order valence-corrected chi connectivity index (χ1v) is 13.1. The Kier molecular flexibility index (Phi) is 7.53. The highest BCUT2D eigenvalue weighted by Gasteiger charge is 2.47. The molecule has 2 saturated heterocycles. The van der Waals surface area contributed by atoms with E-state index in [0.717, 1.165) is 23.5 Å². The minimum absolute atomic E-state index is 0.0910. The van der Waals surface area contributed by atoms with Crippen LogP contribution in [0.25, 0.3) is 0 Å². The highest BCUT2D eigenvalue weighted by Crippen LogP contribution is 2.33. The maximum Gasteiger partial charge on any atom is 0.416 e. The number of sulfonamides is 1. The van der Waals surface area contributed by atoms with Gasteiger partial charge in [0.15, 0.2) is 0 Å². The lowest BCUT2D eigenvalue weighted by Crippen LogP contribution is -2.57. The molecule has 3 heterocycles. The van der Waals surface area contributed by atoms with Gasteiger partial charge in [-0.15, -0.1) is 11.3 Å². The summed E-state index contributed by atoms with van der Waals surface area (Å²) in [5, 5.41) is 22.0. The summed E-state index contributed by atoms with van der Waals surface area (Å²) in [6.45, 7) is 1.17. The second-order valence-corrected chi connectivity index (χ2v) is 11.2. The Morgan fingerprint density at radius 1 is 1.12 bits per heavy atom. The molecule has 0 bridgehead atoms. The summed E-state index contributed by atoms with van der Waals surface area (Å²) in [5.41, 5.74) is -0.248. The Labute approximate surface area is 199 Å². The standard InChI is InChI=1S/C21H26F3N3O5S2/c22-21(23,24)14-3-1-4-15(11-14)26-6-8-27(9-7-26)19-16(32-17(13-28)20(19)29)12-25-34(30,31)18-5-2-10-33-18/h1-5,10-11,16-17,19-20,25,28-29H,6-9,12-13H2/t16-,17+,19-,20-/m1/s1. The van der Waals surface area contributed by atoms with Gasteiger partial charge in [0, 0.05) is 38.4 Å². The number of hydrogen-bond acceptors (Lipinski definition) is 8. The highest BCUT2D eigenvalue weighted by molar-refractivity contribution is 7.91. The van der Waals surface area contributed by atoms with Gasteiger partial charge < -0.3 is 19.8 Å². The van der Waals surface area contributed by atoms with Gasteiger partial charge in [-0.05, 0) is 29.6 Å². The largest absolute Gasteiger partial charge is 0.416 e. The Bertz CT molecular complexity index is 1060. The topological polar surface area (TPSA) is 102 Å². The fourth-order valence-corrected chi connectivity index (χ4v) is 6.52. The molecule has 1 aromatic heterocycles. The second kappa shape index (κ2) is 10.1. The van der Waals surface area contributed by atoms with E-state index in [0.29, 0.717) is 31.9 Å². The van der Waals surface area contributed by atoms with Crippen molar-refractivity contribution in [2.24, 2.45) is 0 Å². The molecule has 2 fully saturated rings. The third kappa shape index (κ3) is 5.40. The van der Waals surface area contributed by atoms with E-state index >= 15 is 0 Å². The van der Waals surface area contributed by atoms with E-state index in [9.17, 15) is 31.8 Å². The first kappa shape index (κ1) is 25.4. The van der Waals surface area contributed by atoms with E-state index in [1.54, 1.807) is 17.5 Å². The molecule has 0 amide bonds. The molecule has 0 spiro atoms. The number of aliphatic hydroxyl groups excluding tert-OH is 2. The number of thiophene rings is 1. The van der Waals surface area contributed by atoms with Gasteiger partial charge in [0.1, 0.15) is 16.4 Å². The zero-order valence-electron chi connectivity index (χ0n) is 18.1. The molecule has 8 nitrogen and oxygen atoms in total. The van der Waals surface area contributed by atoms with Crippen LogP contribution in [-0.4, -0.2) is 87.2 Å². The molecular weight excluding hydrogens is 495 g/mol. The van der Waals surface area contributed by atoms with Crippen molar-refractivity contribution in [3.63, 3.8) is 0 Å². The van der Waals surface area contributed by atoms with Crippen LogP contribution in [0.5, 0.6) is 0 Å². The molecule has 4 rings (SSSR count). The monoisotopic (exact) mass is 521 g/mol. The summed E-state index contributed by atoms with van der Waals surface area (Å²) in [6.07, 6.45) is -7.03. The predicted molar refractivity (Wildman–Crippen MR) is 120 cm³/mol. The van der Waals surface area contributed by atoms with Gasteiger partial charge in [-0.1, -0.05) is 12.1 Å². The SMILES string of the molecule is O=S(=O)(NC[C@H]1O[C@@H](CO)[C@@H](O)[C@@H]1N1CCN(c2cccc(C(F)(F)F)c2)CC1)c1cccs1. The van der Waals surface area contributed by atoms with Crippen molar-refractivity contribution in [3.8, 4) is 0 Å². The minimum atomic E-state index is -4.42. The number of halogens is 3. The fourth-order valence-electron chi connectivity index (χ4n) is 4.43. The van der Waals surface area contributed by atoms with E-state index in [4.69, 9.17) is 4.74 Å². The van der Waals surface area contributed by atoms with Crippen LogP contribution < -0.4 is 9.62 Å². The fraction of sp³-hybridized carbons (Fsp3) is 0.524. The molecule has 0 radical (unpaired) electrons. The molecule has 0 saturated carbocycles. The zero-order valence-corrected chi connectivity index (χ0v) is 19.7. The minimum Gasteiger partial charge on any atom is -0.394 e. The number of benzene rings is 1. The zero-order chi connectivity index (χ0) is 24.5. The molecule has 13 heteroatoms. The first-order chi connectivity index (χ1) is 16.1. The number of anilines is 1. The summed E-state index contributed by atoms with van der Waals surface area (Å²) < 4.78 is 72.6. The average molecular weight is 522 g/mol. The summed E-state index contributed by atoms with van der Waals surface area (Å²) in [6, 6.07) is 7.69. The van der Waals surface area contributed by atoms with Gasteiger partial charge in [0.2, 0.25) is 10.0 Å². The van der Waals surface area contributed by atoms with Crippen molar-refractivity contribution < 1.29 is 36.5 Å². The average Bonchev–Trinajstić information content (AvgIpc) is 3.46. The molecule has 2 aliphatic heterocycles. The number of hydrogen-bond donors (Lipinski definition) is 3. The van der Waals surface area contributed by atoms with Crippen molar-refractivity contribution in [3.05, 3.63) is 47.3 Å². The van der Waals surface area contributed by atoms with Gasteiger partial charge in [-0.3, -0.25) is 4.90 Å². The molecule has 2 aromatic rings. The van der Waals surface area contributed by atoms with Crippen molar-refractivity contribution in [2.75, 3.05) is 44.2 Å². The van der Waals surface area contributed by atoms with Gasteiger partial charge in [0.05, 0.1) is 24.3 Å². The Balaban J connectivity index is 1.43. The predicted octanol–water partition coefficient (Wildman–Crippen LogP) is 1.36. The van der Waals surface area contributed by atoms with E-state index in [1.165, 1.54) is 12.1 Å². The van der Waals surface area contributed by atoms with Crippen LogP contribution in [0.2, 0.25) is 0 Å². The lowest BCUT2D eigenvalue weighted by Gasteiger charge is -2.41. The summed E-state index contributed by atoms with van der Waals surface area (Å²) in [7, 11) is -3.74. The van der Waals surface area contributed by atoms with Gasteiger partial charge >= 0.3 is 6.18 Å². The van der Waals surface area contributed by atoms with Gasteiger partial charge in [0.25, 0.3) is 0 Å². The van der Waals surface area contributed by atoms with Gasteiger partial charge in [-0.2, -0.15) is 13.2 Å². The van der Waals surface area contributed by atoms with Crippen LogP contribution >= 0.6 is 11.3 Å². The molecule has 0 unspecified atom stereocenters. The number of piperazine rings is 1. The smallest absolute Gasteiger partial charge is 0.394 e. The van der Waals surface area contributed by atoms with Crippen LogP contribution in [-0.2, 0) is 20.9 Å². The van der Waals surface area contributed by atoms with Crippen LogP contribution in [0.3, 0.4) is 0 Å². The quantitative estimate of drug-likeness (QED) is 0.506. The lowest BCUT2D eigenvalue weighted by atomic mass is 10.0. The molecular formula is C21H26F3N3O5S2. The molecule has 1 aromatic carbocycles. The van der Waals surface area contributed by atoms with Crippen LogP contribution in [0, 0.1) is 0 Å². The van der Waals surface area contributed by atoms with Crippen molar-refractivity contribution in [1.29, 1.82) is 0 Å². The number of alkyl halides is 3. The number of nitrogens with zero attached hydrogens (tertiary/aromatic N) is 2. The molecule has 188 valence electrons. The summed E-state index contributed by atoms with van der Waals surface area (Å²) in [5.74, 6) is 0. The van der Waals surface area contributed by atoms with E-state index in [2.05, 4.69) is 4.72 Å². The van der Waals surface area contributed by atoms with Crippen molar-refractivity contribution in [1.82, 2.24) is 9.62 Å². The number of aliphatic hydroxyl groups is 2. The van der Waals surface area contributed by atoms with Crippen LogP contribution in [0.4, 0.5) is 18.9 Å². The lowest BCUT2D eigenvalue weighted by molar-refractivity contribution is -0.137. The number of nitrogens with one attached hydrogen (secondary N) is 1. The van der Waals surface area contributed by atoms with E-state index < -0.39 is 52.7 Å². The third-order valence-corrected chi connectivity index (χ3v) is 8.97. The number of rotatable bonds is 7. The number of ether oxygens (including phenoxy) is 1. The highest BCUT2D eigenvalue weighted by atomic mass is 32.2. The maximum absolute atomic E-state index is 13.1. The Morgan fingerprint density at radius 2 is 1.85 bits per heavy atom. The molecule has 34 heavy (non-hydrogen) atoms. The molecule has 4 atom stereocenters. The summed E-state index contributed by atoms with van der Waals surface area (Å²) in [4.78, 5) is 3.78. The summed E-state index contributed by atoms with van der Waals surface area (Å²) >= 11 is 1.08. The first-order valence-electron chi connectivity index (χ1n) is 10.7. The maximum atomic E-state index is 13.1. The van der Waals surface area contributed by atoms with Crippen molar-refractivity contribution in [2.45, 2.75) is 34.7 Å². The van der Waals surface area contributed by atoms with Gasteiger partial charge in [-0.25, -0.2) is 13.1 Å². The molecule has 3 N–H and O–H groups in total. The Morgan fingerprint density at radius 3 is 2.47 bits per heavy atom. The normalized spacial score (nSPS) is 26.8. The molecule has 2 aliphatic rings. The van der Waals surface area contributed by atoms with Crippen LogP contribution in [0.1, 0.15) is 5.56 Å². The third-order valence-electron chi connectivity index (χ3n) is 6.15. The van der Waals surface area contributed by atoms with E-state index in [-0.39, 0.29) is 10.8 Å². The second-order valence-electron chi connectivity index (χ2n) is 8.23. The van der Waals surface area contributed by atoms with Crippen molar-refractivity contribution >= 4 is 27.0 Å². The Hall–Kier alpha value is -1.74. The molecule has 0 aliphatic carbocycles. The van der Waals surface area contributed by atoms with Crippen LogP contribution in [0.15, 0.2) is 46.0 Å².